The van der Waals surface area contributed by atoms with E-state index in [0.29, 0.717) is 6.61 Å². The summed E-state index contributed by atoms with van der Waals surface area (Å²) in [6.07, 6.45) is 1.72. The number of halogens is 3. The van der Waals surface area contributed by atoms with Gasteiger partial charge in [-0.05, 0) is 25.0 Å². The predicted molar refractivity (Wildman–Crippen MR) is 62.7 cm³/mol. The van der Waals surface area contributed by atoms with Gasteiger partial charge in [0, 0.05) is 13.2 Å². The van der Waals surface area contributed by atoms with Gasteiger partial charge in [-0.2, -0.15) is 0 Å². The lowest BCUT2D eigenvalue weighted by atomic mass is 10.1. The molecular weight excluding hydrogens is 264 g/mol. The summed E-state index contributed by atoms with van der Waals surface area (Å²) in [6.45, 7) is 0.931. The Morgan fingerprint density at radius 1 is 1.50 bits per heavy atom. The number of amides is 1. The average molecular weight is 276 g/mol. The second-order valence-electron chi connectivity index (χ2n) is 4.06. The zero-order valence-electron chi connectivity index (χ0n) is 9.51. The zero-order chi connectivity index (χ0) is 13.1. The first-order chi connectivity index (χ1) is 8.59. The highest BCUT2D eigenvalue weighted by Gasteiger charge is 2.21. The fourth-order valence-electron chi connectivity index (χ4n) is 1.84. The van der Waals surface area contributed by atoms with Crippen LogP contribution in [0.2, 0.25) is 5.02 Å². The number of benzene rings is 1. The quantitative estimate of drug-likeness (QED) is 0.861. The van der Waals surface area contributed by atoms with Crippen LogP contribution in [0.1, 0.15) is 23.2 Å². The zero-order valence-corrected chi connectivity index (χ0v) is 10.3. The molecule has 0 aliphatic carbocycles. The van der Waals surface area contributed by atoms with Crippen LogP contribution < -0.4 is 5.32 Å². The Labute approximate surface area is 108 Å². The molecule has 1 aliphatic heterocycles. The predicted octanol–water partition coefficient (Wildman–Crippen LogP) is 2.53. The minimum absolute atomic E-state index is 0.0654. The summed E-state index contributed by atoms with van der Waals surface area (Å²) in [4.78, 5) is 11.7. The molecule has 0 spiro atoms. The van der Waals surface area contributed by atoms with Crippen LogP contribution in [0.3, 0.4) is 0 Å². The summed E-state index contributed by atoms with van der Waals surface area (Å²) in [7, 11) is 0. The van der Waals surface area contributed by atoms with E-state index in [1.54, 1.807) is 0 Å². The number of hydrogen-bond acceptors (Lipinski definition) is 2. The van der Waals surface area contributed by atoms with Crippen molar-refractivity contribution in [3.8, 4) is 0 Å². The lowest BCUT2D eigenvalue weighted by Gasteiger charge is -2.12. The molecule has 0 radical (unpaired) electrons. The van der Waals surface area contributed by atoms with Crippen molar-refractivity contribution < 1.29 is 18.3 Å². The molecule has 1 N–H and O–H groups in total. The topological polar surface area (TPSA) is 38.3 Å². The maximum Gasteiger partial charge on any atom is 0.255 e. The van der Waals surface area contributed by atoms with Crippen LogP contribution in [0, 0.1) is 11.6 Å². The van der Waals surface area contributed by atoms with E-state index < -0.39 is 23.1 Å². The highest BCUT2D eigenvalue weighted by Crippen LogP contribution is 2.21. The first-order valence-corrected chi connectivity index (χ1v) is 6.00. The monoisotopic (exact) mass is 275 g/mol. The first kappa shape index (κ1) is 13.2. The van der Waals surface area contributed by atoms with Gasteiger partial charge in [0.1, 0.15) is 0 Å². The summed E-state index contributed by atoms with van der Waals surface area (Å²) >= 11 is 5.69. The van der Waals surface area contributed by atoms with E-state index in [1.807, 2.05) is 0 Å². The molecule has 1 aliphatic rings. The molecule has 1 heterocycles. The maximum atomic E-state index is 13.5. The number of ether oxygens (including phenoxy) is 1. The van der Waals surface area contributed by atoms with Gasteiger partial charge in [-0.25, -0.2) is 8.78 Å². The molecule has 1 amide bonds. The molecule has 0 unspecified atom stereocenters. The molecule has 1 saturated heterocycles. The Kier molecular flexibility index (Phi) is 4.14. The van der Waals surface area contributed by atoms with Crippen LogP contribution in [-0.2, 0) is 4.74 Å². The van der Waals surface area contributed by atoms with Crippen molar-refractivity contribution in [2.24, 2.45) is 0 Å². The Bertz CT molecular complexity index is 462. The number of carbonyl (C=O) groups excluding carboxylic acids is 1. The fraction of sp³-hybridized carbons (Fsp3) is 0.417. The van der Waals surface area contributed by atoms with Gasteiger partial charge in [-0.1, -0.05) is 11.6 Å². The van der Waals surface area contributed by atoms with Crippen LogP contribution >= 0.6 is 11.6 Å². The van der Waals surface area contributed by atoms with Crippen molar-refractivity contribution in [1.82, 2.24) is 5.32 Å². The maximum absolute atomic E-state index is 13.5. The second kappa shape index (κ2) is 5.63. The van der Waals surface area contributed by atoms with E-state index in [2.05, 4.69) is 5.32 Å². The molecule has 1 fully saturated rings. The highest BCUT2D eigenvalue weighted by atomic mass is 35.5. The molecule has 98 valence electrons. The third kappa shape index (κ3) is 2.79. The fourth-order valence-corrected chi connectivity index (χ4v) is 2.07. The van der Waals surface area contributed by atoms with Crippen LogP contribution in [0.15, 0.2) is 12.1 Å². The molecular formula is C12H12ClF2NO2. The van der Waals surface area contributed by atoms with E-state index in [9.17, 15) is 13.6 Å². The largest absolute Gasteiger partial charge is 0.376 e. The Morgan fingerprint density at radius 3 is 2.94 bits per heavy atom. The standard InChI is InChI=1S/C12H12ClF2NO2/c13-8-3-4-9(14)11(15)10(8)12(17)16-6-7-2-1-5-18-7/h3-4,7H,1-2,5-6H2,(H,16,17)/t7-/m1/s1. The van der Waals surface area contributed by atoms with Gasteiger partial charge >= 0.3 is 0 Å². The summed E-state index contributed by atoms with van der Waals surface area (Å²) < 4.78 is 31.8. The molecule has 1 aromatic carbocycles. The summed E-state index contributed by atoms with van der Waals surface area (Å²) in [5.41, 5.74) is -0.463. The molecule has 2 rings (SSSR count). The summed E-state index contributed by atoms with van der Waals surface area (Å²) in [6, 6.07) is 2.04. The Balaban J connectivity index is 2.06. The SMILES string of the molecule is O=C(NC[C@H]1CCCO1)c1c(Cl)ccc(F)c1F. The van der Waals surface area contributed by atoms with Gasteiger partial charge in [-0.3, -0.25) is 4.79 Å². The van der Waals surface area contributed by atoms with Crippen molar-refractivity contribution in [1.29, 1.82) is 0 Å². The molecule has 3 nitrogen and oxygen atoms in total. The normalized spacial score (nSPS) is 18.9. The van der Waals surface area contributed by atoms with E-state index in [0.717, 1.165) is 25.0 Å². The van der Waals surface area contributed by atoms with Gasteiger partial charge in [0.2, 0.25) is 0 Å². The van der Waals surface area contributed by atoms with Gasteiger partial charge in [0.15, 0.2) is 11.6 Å². The van der Waals surface area contributed by atoms with Crippen LogP contribution in [0.25, 0.3) is 0 Å². The Morgan fingerprint density at radius 2 is 2.28 bits per heavy atom. The van der Waals surface area contributed by atoms with Gasteiger partial charge in [0.05, 0.1) is 16.7 Å². The lowest BCUT2D eigenvalue weighted by Crippen LogP contribution is -2.32. The average Bonchev–Trinajstić information content (AvgIpc) is 2.85. The van der Waals surface area contributed by atoms with Crippen molar-refractivity contribution in [3.63, 3.8) is 0 Å². The molecule has 1 aromatic rings. The van der Waals surface area contributed by atoms with E-state index in [4.69, 9.17) is 16.3 Å². The van der Waals surface area contributed by atoms with E-state index >= 15 is 0 Å². The second-order valence-corrected chi connectivity index (χ2v) is 4.47. The van der Waals surface area contributed by atoms with Gasteiger partial charge in [0.25, 0.3) is 5.91 Å². The third-order valence-electron chi connectivity index (χ3n) is 2.79. The highest BCUT2D eigenvalue weighted by molar-refractivity contribution is 6.33. The minimum Gasteiger partial charge on any atom is -0.376 e. The van der Waals surface area contributed by atoms with Crippen LogP contribution in [0.4, 0.5) is 8.78 Å². The number of carbonyl (C=O) groups is 1. The number of nitrogens with one attached hydrogen (secondary N) is 1. The third-order valence-corrected chi connectivity index (χ3v) is 3.10. The lowest BCUT2D eigenvalue weighted by molar-refractivity contribution is 0.0854. The molecule has 6 heteroatoms. The minimum atomic E-state index is -1.23. The molecule has 1 atom stereocenters. The molecule has 0 aromatic heterocycles. The number of hydrogen-bond donors (Lipinski definition) is 1. The van der Waals surface area contributed by atoms with Crippen LogP contribution in [0.5, 0.6) is 0 Å². The van der Waals surface area contributed by atoms with Crippen molar-refractivity contribution >= 4 is 17.5 Å². The molecule has 18 heavy (non-hydrogen) atoms. The smallest absolute Gasteiger partial charge is 0.255 e. The van der Waals surface area contributed by atoms with Crippen molar-refractivity contribution in [3.05, 3.63) is 34.4 Å². The number of rotatable bonds is 3. The molecule has 0 saturated carbocycles. The molecule has 0 bridgehead atoms. The van der Waals surface area contributed by atoms with Crippen molar-refractivity contribution in [2.45, 2.75) is 18.9 Å². The van der Waals surface area contributed by atoms with Gasteiger partial charge in [-0.15, -0.1) is 0 Å². The first-order valence-electron chi connectivity index (χ1n) is 5.63. The summed E-state index contributed by atoms with van der Waals surface area (Å²) in [5.74, 6) is -3.05. The van der Waals surface area contributed by atoms with Crippen LogP contribution in [-0.4, -0.2) is 25.2 Å². The van der Waals surface area contributed by atoms with Gasteiger partial charge < -0.3 is 10.1 Å². The van der Waals surface area contributed by atoms with Crippen molar-refractivity contribution in [2.75, 3.05) is 13.2 Å². The summed E-state index contributed by atoms with van der Waals surface area (Å²) in [5, 5.41) is 2.38. The van der Waals surface area contributed by atoms with E-state index in [1.165, 1.54) is 0 Å². The van der Waals surface area contributed by atoms with E-state index in [-0.39, 0.29) is 17.7 Å². The Hall–Kier alpha value is -1.20.